The highest BCUT2D eigenvalue weighted by atomic mass is 35.5. The molecule has 0 atom stereocenters. The molecule has 0 aliphatic rings. The van der Waals surface area contributed by atoms with Crippen molar-refractivity contribution in [2.75, 3.05) is 13.7 Å². The molecular weight excluding hydrogens is 479 g/mol. The topological polar surface area (TPSA) is 86.2 Å². The van der Waals surface area contributed by atoms with Crippen LogP contribution in [0.15, 0.2) is 59.7 Å². The van der Waals surface area contributed by atoms with Crippen molar-refractivity contribution in [3.8, 4) is 17.2 Å². The van der Waals surface area contributed by atoms with Crippen LogP contribution in [0.25, 0.3) is 0 Å². The number of amides is 1. The molecule has 1 amide bonds. The summed E-state index contributed by atoms with van der Waals surface area (Å²) in [6.07, 6.45) is 1.43. The molecular formula is C25H22Cl2N2O5. The predicted molar refractivity (Wildman–Crippen MR) is 132 cm³/mol. The number of carbonyl (C=O) groups is 2. The third-order valence-corrected chi connectivity index (χ3v) is 5.06. The Morgan fingerprint density at radius 3 is 2.38 bits per heavy atom. The third-order valence-electron chi connectivity index (χ3n) is 4.51. The number of nitrogens with zero attached hydrogens (tertiary/aromatic N) is 1. The van der Waals surface area contributed by atoms with E-state index in [0.717, 1.165) is 11.1 Å². The normalized spacial score (nSPS) is 10.7. The molecule has 0 heterocycles. The van der Waals surface area contributed by atoms with E-state index in [1.54, 1.807) is 24.3 Å². The minimum absolute atomic E-state index is 0.171. The quantitative estimate of drug-likeness (QED) is 0.194. The Morgan fingerprint density at radius 1 is 0.971 bits per heavy atom. The molecule has 0 saturated heterocycles. The van der Waals surface area contributed by atoms with Crippen molar-refractivity contribution in [2.24, 2.45) is 5.10 Å². The maximum Gasteiger partial charge on any atom is 0.345 e. The summed E-state index contributed by atoms with van der Waals surface area (Å²) in [5, 5.41) is 4.51. The smallest absolute Gasteiger partial charge is 0.345 e. The third kappa shape index (κ3) is 6.97. The molecule has 0 fully saturated rings. The van der Waals surface area contributed by atoms with Gasteiger partial charge in [0.1, 0.15) is 5.75 Å². The van der Waals surface area contributed by atoms with Crippen LogP contribution < -0.4 is 19.6 Å². The van der Waals surface area contributed by atoms with E-state index < -0.39 is 11.9 Å². The summed E-state index contributed by atoms with van der Waals surface area (Å²) >= 11 is 11.9. The van der Waals surface area contributed by atoms with Gasteiger partial charge < -0.3 is 14.2 Å². The van der Waals surface area contributed by atoms with Gasteiger partial charge in [0.25, 0.3) is 5.91 Å². The van der Waals surface area contributed by atoms with Crippen LogP contribution in [0.1, 0.15) is 27.0 Å². The van der Waals surface area contributed by atoms with Crippen LogP contribution in [0.4, 0.5) is 0 Å². The Kier molecular flexibility index (Phi) is 8.51. The van der Waals surface area contributed by atoms with Gasteiger partial charge in [-0.3, -0.25) is 4.79 Å². The second-order valence-electron chi connectivity index (χ2n) is 7.33. The number of benzene rings is 3. The van der Waals surface area contributed by atoms with Crippen LogP contribution in [0.2, 0.25) is 10.0 Å². The van der Waals surface area contributed by atoms with Crippen molar-refractivity contribution in [1.29, 1.82) is 0 Å². The zero-order chi connectivity index (χ0) is 24.7. The van der Waals surface area contributed by atoms with Gasteiger partial charge in [0.05, 0.1) is 23.9 Å². The number of esters is 1. The molecule has 9 heteroatoms. The molecule has 3 rings (SSSR count). The minimum atomic E-state index is -0.655. The Bertz CT molecular complexity index is 1220. The number of hydrogen-bond donors (Lipinski definition) is 1. The molecule has 7 nitrogen and oxygen atoms in total. The average molecular weight is 501 g/mol. The van der Waals surface area contributed by atoms with Crippen LogP contribution in [0, 0.1) is 13.8 Å². The van der Waals surface area contributed by atoms with Gasteiger partial charge in [-0.1, -0.05) is 29.3 Å². The lowest BCUT2D eigenvalue weighted by Gasteiger charge is -2.11. The summed E-state index contributed by atoms with van der Waals surface area (Å²) in [7, 11) is 1.44. The first-order valence-electron chi connectivity index (χ1n) is 10.1. The lowest BCUT2D eigenvalue weighted by molar-refractivity contribution is -0.123. The highest BCUT2D eigenvalue weighted by Crippen LogP contribution is 2.30. The van der Waals surface area contributed by atoms with Gasteiger partial charge in [0.2, 0.25) is 0 Å². The van der Waals surface area contributed by atoms with Gasteiger partial charge in [-0.25, -0.2) is 10.2 Å². The van der Waals surface area contributed by atoms with E-state index in [4.69, 9.17) is 37.4 Å². The van der Waals surface area contributed by atoms with Crippen LogP contribution >= 0.6 is 23.2 Å². The SMILES string of the molecule is COc1cc(C=NNC(=O)COc2cc(C)cc(C)c2)ccc1OC(=O)c1ccc(Cl)cc1Cl. The Balaban J connectivity index is 1.59. The fraction of sp³-hybridized carbons (Fsp3) is 0.160. The van der Waals surface area contributed by atoms with Crippen LogP contribution in [0.5, 0.6) is 17.2 Å². The molecule has 0 aliphatic heterocycles. The highest BCUT2D eigenvalue weighted by molar-refractivity contribution is 6.36. The largest absolute Gasteiger partial charge is 0.493 e. The van der Waals surface area contributed by atoms with Crippen molar-refractivity contribution in [2.45, 2.75) is 13.8 Å². The van der Waals surface area contributed by atoms with E-state index in [-0.39, 0.29) is 22.9 Å². The summed E-state index contributed by atoms with van der Waals surface area (Å²) in [5.74, 6) is 0.0463. The number of carbonyl (C=O) groups excluding carboxylic acids is 2. The summed E-state index contributed by atoms with van der Waals surface area (Å²) < 4.78 is 16.2. The number of ether oxygens (including phenoxy) is 3. The zero-order valence-corrected chi connectivity index (χ0v) is 20.2. The van der Waals surface area contributed by atoms with Gasteiger partial charge in [-0.2, -0.15) is 5.10 Å². The first kappa shape index (κ1) is 25.1. The first-order chi connectivity index (χ1) is 16.2. The molecule has 0 saturated carbocycles. The molecule has 0 bridgehead atoms. The second-order valence-corrected chi connectivity index (χ2v) is 8.17. The maximum absolute atomic E-state index is 12.5. The molecule has 34 heavy (non-hydrogen) atoms. The van der Waals surface area contributed by atoms with Gasteiger partial charge >= 0.3 is 5.97 Å². The zero-order valence-electron chi connectivity index (χ0n) is 18.7. The summed E-state index contributed by atoms with van der Waals surface area (Å²) in [5.41, 5.74) is 5.28. The molecule has 0 unspecified atom stereocenters. The summed E-state index contributed by atoms with van der Waals surface area (Å²) in [6, 6.07) is 15.0. The molecule has 3 aromatic carbocycles. The molecule has 176 valence electrons. The van der Waals surface area contributed by atoms with Gasteiger partial charge in [-0.15, -0.1) is 0 Å². The van der Waals surface area contributed by atoms with Crippen molar-refractivity contribution in [3.63, 3.8) is 0 Å². The fourth-order valence-electron chi connectivity index (χ4n) is 3.03. The van der Waals surface area contributed by atoms with E-state index in [9.17, 15) is 9.59 Å². The monoisotopic (exact) mass is 500 g/mol. The number of hydrogen-bond acceptors (Lipinski definition) is 6. The molecule has 3 aromatic rings. The molecule has 1 N–H and O–H groups in total. The molecule has 0 radical (unpaired) electrons. The standard InChI is InChI=1S/C25H22Cl2N2O5/c1-15-8-16(2)10-19(9-15)33-14-24(30)29-28-13-17-4-7-22(23(11-17)32-3)34-25(31)20-6-5-18(26)12-21(20)27/h4-13H,14H2,1-3H3,(H,29,30). The summed E-state index contributed by atoms with van der Waals surface area (Å²) in [4.78, 5) is 24.5. The van der Waals surface area contributed by atoms with Crippen molar-refractivity contribution >= 4 is 41.3 Å². The number of halogens is 2. The second kappa shape index (κ2) is 11.5. The Labute approximate surface area is 207 Å². The van der Waals surface area contributed by atoms with Crippen molar-refractivity contribution in [1.82, 2.24) is 5.43 Å². The van der Waals surface area contributed by atoms with E-state index >= 15 is 0 Å². The van der Waals surface area contributed by atoms with Crippen LogP contribution in [-0.2, 0) is 4.79 Å². The lowest BCUT2D eigenvalue weighted by atomic mass is 10.1. The van der Waals surface area contributed by atoms with Crippen LogP contribution in [-0.4, -0.2) is 31.8 Å². The average Bonchev–Trinajstić information content (AvgIpc) is 2.78. The predicted octanol–water partition coefficient (Wildman–Crippen LogP) is 5.37. The van der Waals surface area contributed by atoms with E-state index in [0.29, 0.717) is 22.1 Å². The number of nitrogens with one attached hydrogen (secondary N) is 1. The molecule has 0 aromatic heterocycles. The molecule has 0 aliphatic carbocycles. The summed E-state index contributed by atoms with van der Waals surface area (Å²) in [6.45, 7) is 3.74. The lowest BCUT2D eigenvalue weighted by Crippen LogP contribution is -2.24. The number of aryl methyl sites for hydroxylation is 2. The van der Waals surface area contributed by atoms with E-state index in [1.807, 2.05) is 32.0 Å². The van der Waals surface area contributed by atoms with Gasteiger partial charge in [-0.05, 0) is 79.1 Å². The number of hydrazone groups is 1. The van der Waals surface area contributed by atoms with Crippen molar-refractivity contribution < 1.29 is 23.8 Å². The van der Waals surface area contributed by atoms with Gasteiger partial charge in [0.15, 0.2) is 18.1 Å². The maximum atomic E-state index is 12.5. The minimum Gasteiger partial charge on any atom is -0.493 e. The fourth-order valence-corrected chi connectivity index (χ4v) is 3.52. The highest BCUT2D eigenvalue weighted by Gasteiger charge is 2.16. The van der Waals surface area contributed by atoms with Crippen LogP contribution in [0.3, 0.4) is 0 Å². The molecule has 0 spiro atoms. The van der Waals surface area contributed by atoms with E-state index in [2.05, 4.69) is 10.5 Å². The first-order valence-corrected chi connectivity index (χ1v) is 10.9. The van der Waals surface area contributed by atoms with E-state index in [1.165, 1.54) is 25.5 Å². The number of methoxy groups -OCH3 is 1. The Hall–Kier alpha value is -3.55. The van der Waals surface area contributed by atoms with Gasteiger partial charge in [0, 0.05) is 5.02 Å². The Morgan fingerprint density at radius 2 is 1.71 bits per heavy atom. The number of rotatable bonds is 8. The van der Waals surface area contributed by atoms with Crippen molar-refractivity contribution in [3.05, 3.63) is 86.9 Å².